The van der Waals surface area contributed by atoms with E-state index in [0.29, 0.717) is 23.9 Å². The van der Waals surface area contributed by atoms with Crippen molar-refractivity contribution in [3.8, 4) is 0 Å². The first-order chi connectivity index (χ1) is 8.54. The molecule has 1 aliphatic rings. The zero-order chi connectivity index (χ0) is 13.1. The van der Waals surface area contributed by atoms with Crippen LogP contribution in [0.25, 0.3) is 0 Å². The minimum absolute atomic E-state index is 0.0760. The molecule has 1 aliphatic heterocycles. The lowest BCUT2D eigenvalue weighted by atomic mass is 10.1. The van der Waals surface area contributed by atoms with Crippen LogP contribution in [0.5, 0.6) is 0 Å². The molecule has 7 heteroatoms. The number of anilines is 1. The van der Waals surface area contributed by atoms with Crippen LogP contribution in [0.3, 0.4) is 0 Å². The van der Waals surface area contributed by atoms with E-state index < -0.39 is 6.04 Å². The van der Waals surface area contributed by atoms with E-state index in [1.165, 1.54) is 11.3 Å². The van der Waals surface area contributed by atoms with E-state index in [1.54, 1.807) is 0 Å². The molecule has 2 amide bonds. The van der Waals surface area contributed by atoms with E-state index in [9.17, 15) is 9.59 Å². The summed E-state index contributed by atoms with van der Waals surface area (Å²) < 4.78 is 0. The maximum atomic E-state index is 11.8. The highest BCUT2D eigenvalue weighted by molar-refractivity contribution is 7.15. The average Bonchev–Trinajstić information content (AvgIpc) is 2.87. The van der Waals surface area contributed by atoms with Gasteiger partial charge >= 0.3 is 0 Å². The smallest absolute Gasteiger partial charge is 0.248 e. The van der Waals surface area contributed by atoms with Gasteiger partial charge in [0.05, 0.1) is 0 Å². The standard InChI is InChI=1S/C11H16N4O2S/c1-6(2)5-9-14-15-11(18-9)13-10(17)7-3-4-8(16)12-7/h6-7H,3-5H2,1-2H3,(H,12,16)(H,13,15,17). The lowest BCUT2D eigenvalue weighted by Gasteiger charge is -2.07. The molecule has 0 saturated carbocycles. The Hall–Kier alpha value is -1.50. The average molecular weight is 268 g/mol. The molecule has 1 saturated heterocycles. The first-order valence-electron chi connectivity index (χ1n) is 5.97. The molecule has 1 atom stereocenters. The first kappa shape index (κ1) is 12.9. The maximum Gasteiger partial charge on any atom is 0.248 e. The molecular formula is C11H16N4O2S. The monoisotopic (exact) mass is 268 g/mol. The molecule has 1 fully saturated rings. The lowest BCUT2D eigenvalue weighted by Crippen LogP contribution is -2.37. The number of carbonyl (C=O) groups is 2. The molecule has 1 unspecified atom stereocenters. The number of rotatable bonds is 4. The Kier molecular flexibility index (Phi) is 3.90. The van der Waals surface area contributed by atoms with Gasteiger partial charge in [-0.1, -0.05) is 25.2 Å². The third kappa shape index (κ3) is 3.25. The van der Waals surface area contributed by atoms with Gasteiger partial charge in [-0.15, -0.1) is 10.2 Å². The number of nitrogens with one attached hydrogen (secondary N) is 2. The van der Waals surface area contributed by atoms with Crippen molar-refractivity contribution in [3.05, 3.63) is 5.01 Å². The fourth-order valence-electron chi connectivity index (χ4n) is 1.74. The van der Waals surface area contributed by atoms with Gasteiger partial charge in [-0.25, -0.2) is 0 Å². The number of aromatic nitrogens is 2. The highest BCUT2D eigenvalue weighted by Crippen LogP contribution is 2.19. The predicted molar refractivity (Wildman–Crippen MR) is 68.2 cm³/mol. The van der Waals surface area contributed by atoms with Gasteiger partial charge in [-0.3, -0.25) is 14.9 Å². The van der Waals surface area contributed by atoms with Gasteiger partial charge in [-0.2, -0.15) is 0 Å². The molecule has 0 radical (unpaired) electrons. The highest BCUT2D eigenvalue weighted by atomic mass is 32.1. The third-order valence-corrected chi connectivity index (χ3v) is 3.45. The molecule has 1 aromatic heterocycles. The summed E-state index contributed by atoms with van der Waals surface area (Å²) in [5.41, 5.74) is 0. The van der Waals surface area contributed by atoms with E-state index in [4.69, 9.17) is 0 Å². The van der Waals surface area contributed by atoms with Crippen LogP contribution in [0.4, 0.5) is 5.13 Å². The second kappa shape index (κ2) is 5.43. The van der Waals surface area contributed by atoms with Crippen LogP contribution in [0.15, 0.2) is 0 Å². The van der Waals surface area contributed by atoms with E-state index in [0.717, 1.165) is 11.4 Å². The second-order valence-corrected chi connectivity index (χ2v) is 5.81. The number of amides is 2. The molecule has 6 nitrogen and oxygen atoms in total. The fourth-order valence-corrected chi connectivity index (χ4v) is 2.69. The summed E-state index contributed by atoms with van der Waals surface area (Å²) in [5.74, 6) is 0.219. The molecule has 2 N–H and O–H groups in total. The van der Waals surface area contributed by atoms with Crippen LogP contribution >= 0.6 is 11.3 Å². The van der Waals surface area contributed by atoms with Crippen LogP contribution in [0.1, 0.15) is 31.7 Å². The number of nitrogens with zero attached hydrogens (tertiary/aromatic N) is 2. The van der Waals surface area contributed by atoms with Crippen molar-refractivity contribution in [2.24, 2.45) is 5.92 Å². The minimum Gasteiger partial charge on any atom is -0.344 e. The molecule has 0 aliphatic carbocycles. The number of hydrogen-bond acceptors (Lipinski definition) is 5. The van der Waals surface area contributed by atoms with Gasteiger partial charge in [0.1, 0.15) is 11.0 Å². The zero-order valence-electron chi connectivity index (χ0n) is 10.4. The number of hydrogen-bond donors (Lipinski definition) is 2. The summed E-state index contributed by atoms with van der Waals surface area (Å²) in [6.45, 7) is 4.21. The van der Waals surface area contributed by atoms with Gasteiger partial charge in [0.25, 0.3) is 0 Å². The summed E-state index contributed by atoms with van der Waals surface area (Å²) >= 11 is 1.38. The summed E-state index contributed by atoms with van der Waals surface area (Å²) in [5, 5.41) is 14.7. The summed E-state index contributed by atoms with van der Waals surface area (Å²) in [6.07, 6.45) is 1.81. The molecule has 1 aromatic rings. The van der Waals surface area contributed by atoms with Crippen molar-refractivity contribution >= 4 is 28.3 Å². The normalized spacial score (nSPS) is 19.1. The molecule has 2 heterocycles. The van der Waals surface area contributed by atoms with E-state index in [1.807, 2.05) is 0 Å². The van der Waals surface area contributed by atoms with Crippen LogP contribution in [-0.2, 0) is 16.0 Å². The van der Waals surface area contributed by atoms with Crippen LogP contribution in [0.2, 0.25) is 0 Å². The summed E-state index contributed by atoms with van der Waals surface area (Å²) in [4.78, 5) is 22.8. The molecular weight excluding hydrogens is 252 g/mol. The van der Waals surface area contributed by atoms with Gasteiger partial charge in [-0.05, 0) is 12.3 Å². The van der Waals surface area contributed by atoms with E-state index in [2.05, 4.69) is 34.7 Å². The largest absolute Gasteiger partial charge is 0.344 e. The molecule has 18 heavy (non-hydrogen) atoms. The Morgan fingerprint density at radius 2 is 2.33 bits per heavy atom. The van der Waals surface area contributed by atoms with Gasteiger partial charge < -0.3 is 5.32 Å². The van der Waals surface area contributed by atoms with Gasteiger partial charge in [0.15, 0.2) is 0 Å². The quantitative estimate of drug-likeness (QED) is 0.851. The topological polar surface area (TPSA) is 84.0 Å². The Morgan fingerprint density at radius 3 is 2.94 bits per heavy atom. The Morgan fingerprint density at radius 1 is 1.56 bits per heavy atom. The highest BCUT2D eigenvalue weighted by Gasteiger charge is 2.27. The molecule has 0 bridgehead atoms. The van der Waals surface area contributed by atoms with Crippen molar-refractivity contribution in [3.63, 3.8) is 0 Å². The second-order valence-electron chi connectivity index (χ2n) is 4.75. The Bertz CT molecular complexity index is 458. The molecule has 0 aromatic carbocycles. The van der Waals surface area contributed by atoms with Crippen molar-refractivity contribution < 1.29 is 9.59 Å². The van der Waals surface area contributed by atoms with Gasteiger partial charge in [0.2, 0.25) is 16.9 Å². The predicted octanol–water partition coefficient (Wildman–Crippen LogP) is 0.954. The minimum atomic E-state index is -0.435. The third-order valence-electron chi connectivity index (χ3n) is 2.59. The fraction of sp³-hybridized carbons (Fsp3) is 0.636. The van der Waals surface area contributed by atoms with E-state index in [-0.39, 0.29) is 11.8 Å². The van der Waals surface area contributed by atoms with Gasteiger partial charge in [0, 0.05) is 12.8 Å². The van der Waals surface area contributed by atoms with E-state index >= 15 is 0 Å². The lowest BCUT2D eigenvalue weighted by molar-refractivity contribution is -0.122. The van der Waals surface area contributed by atoms with Crippen molar-refractivity contribution in [1.29, 1.82) is 0 Å². The summed E-state index contributed by atoms with van der Waals surface area (Å²) in [7, 11) is 0. The summed E-state index contributed by atoms with van der Waals surface area (Å²) in [6, 6.07) is -0.435. The van der Waals surface area contributed by atoms with Crippen LogP contribution in [0, 0.1) is 5.92 Å². The van der Waals surface area contributed by atoms with Crippen molar-refractivity contribution in [2.75, 3.05) is 5.32 Å². The van der Waals surface area contributed by atoms with Crippen LogP contribution in [-0.4, -0.2) is 28.1 Å². The maximum absolute atomic E-state index is 11.8. The Balaban J connectivity index is 1.91. The molecule has 98 valence electrons. The zero-order valence-corrected chi connectivity index (χ0v) is 11.2. The van der Waals surface area contributed by atoms with Crippen molar-refractivity contribution in [2.45, 2.75) is 39.2 Å². The first-order valence-corrected chi connectivity index (χ1v) is 6.79. The van der Waals surface area contributed by atoms with Crippen LogP contribution < -0.4 is 10.6 Å². The molecule has 2 rings (SSSR count). The Labute approximate surface area is 109 Å². The molecule has 0 spiro atoms. The van der Waals surface area contributed by atoms with Crippen molar-refractivity contribution in [1.82, 2.24) is 15.5 Å². The number of carbonyl (C=O) groups excluding carboxylic acids is 2. The SMILES string of the molecule is CC(C)Cc1nnc(NC(=O)C2CCC(=O)N2)s1.